The van der Waals surface area contributed by atoms with E-state index in [1.54, 1.807) is 11.8 Å². The molecule has 2 rings (SSSR count). The molecule has 0 bridgehead atoms. The Balaban J connectivity index is 2.12. The van der Waals surface area contributed by atoms with Gasteiger partial charge < -0.3 is 14.0 Å². The molecular weight excluding hydrogens is 338 g/mol. The fourth-order valence-corrected chi connectivity index (χ4v) is 3.45. The van der Waals surface area contributed by atoms with Crippen LogP contribution in [0.3, 0.4) is 0 Å². The molecule has 0 aromatic carbocycles. The molecule has 1 aromatic heterocycles. The van der Waals surface area contributed by atoms with Crippen LogP contribution in [-0.4, -0.2) is 32.3 Å². The van der Waals surface area contributed by atoms with Crippen molar-refractivity contribution >= 4 is 17.9 Å². The van der Waals surface area contributed by atoms with Crippen molar-refractivity contribution in [1.82, 2.24) is 14.8 Å². The predicted molar refractivity (Wildman–Crippen MR) is 98.6 cm³/mol. The highest BCUT2D eigenvalue weighted by Gasteiger charge is 2.31. The van der Waals surface area contributed by atoms with Crippen molar-refractivity contribution in [2.45, 2.75) is 77.7 Å². The standard InChI is InChI=1S/C18H31N3O3S/c1-17(2,3)10-13(23-16(22)24-18(4,5)6)14-19-20-15(21(14)7)25-11-12-8-9-12/h12-13H,8-11H2,1-7H3. The van der Waals surface area contributed by atoms with Crippen molar-refractivity contribution < 1.29 is 14.3 Å². The Kier molecular flexibility index (Phi) is 6.07. The fourth-order valence-electron chi connectivity index (χ4n) is 2.34. The van der Waals surface area contributed by atoms with Crippen LogP contribution in [0.25, 0.3) is 0 Å². The van der Waals surface area contributed by atoms with Crippen LogP contribution >= 0.6 is 11.8 Å². The highest BCUT2D eigenvalue weighted by atomic mass is 32.2. The van der Waals surface area contributed by atoms with Gasteiger partial charge in [-0.3, -0.25) is 0 Å². The molecule has 7 heteroatoms. The number of carbonyl (C=O) groups excluding carboxylic acids is 1. The molecule has 142 valence electrons. The van der Waals surface area contributed by atoms with E-state index in [9.17, 15) is 4.79 Å². The second-order valence-electron chi connectivity index (χ2n) is 8.99. The maximum atomic E-state index is 12.2. The average molecular weight is 370 g/mol. The Morgan fingerprint density at radius 2 is 1.88 bits per heavy atom. The van der Waals surface area contributed by atoms with Crippen LogP contribution in [0.2, 0.25) is 0 Å². The number of carbonyl (C=O) groups is 1. The summed E-state index contributed by atoms with van der Waals surface area (Å²) >= 11 is 1.72. The van der Waals surface area contributed by atoms with Gasteiger partial charge in [-0.1, -0.05) is 32.5 Å². The third-order valence-electron chi connectivity index (χ3n) is 3.73. The van der Waals surface area contributed by atoms with E-state index in [0.717, 1.165) is 16.8 Å². The SMILES string of the molecule is Cn1c(SCC2CC2)nnc1C(CC(C)(C)C)OC(=O)OC(C)(C)C. The molecule has 0 spiro atoms. The summed E-state index contributed by atoms with van der Waals surface area (Å²) in [6, 6.07) is 0. The minimum absolute atomic E-state index is 0.0278. The van der Waals surface area contributed by atoms with Crippen LogP contribution in [0.1, 0.15) is 72.7 Å². The van der Waals surface area contributed by atoms with Gasteiger partial charge in [-0.25, -0.2) is 4.79 Å². The normalized spacial score (nSPS) is 16.6. The number of hydrogen-bond donors (Lipinski definition) is 0. The highest BCUT2D eigenvalue weighted by molar-refractivity contribution is 7.99. The van der Waals surface area contributed by atoms with E-state index in [1.165, 1.54) is 12.8 Å². The molecule has 25 heavy (non-hydrogen) atoms. The summed E-state index contributed by atoms with van der Waals surface area (Å²) in [5, 5.41) is 9.47. The summed E-state index contributed by atoms with van der Waals surface area (Å²) in [6.45, 7) is 11.8. The molecule has 1 atom stereocenters. The first-order valence-corrected chi connectivity index (χ1v) is 9.85. The van der Waals surface area contributed by atoms with Crippen LogP contribution in [0.5, 0.6) is 0 Å². The van der Waals surface area contributed by atoms with Crippen LogP contribution in [0, 0.1) is 11.3 Å². The highest BCUT2D eigenvalue weighted by Crippen LogP contribution is 2.36. The van der Waals surface area contributed by atoms with Gasteiger partial charge in [0.2, 0.25) is 0 Å². The van der Waals surface area contributed by atoms with Crippen molar-refractivity contribution in [3.8, 4) is 0 Å². The van der Waals surface area contributed by atoms with Crippen LogP contribution < -0.4 is 0 Å². The minimum atomic E-state index is -0.670. The topological polar surface area (TPSA) is 66.2 Å². The Bertz CT molecular complexity index is 598. The van der Waals surface area contributed by atoms with E-state index >= 15 is 0 Å². The Morgan fingerprint density at radius 3 is 2.40 bits per heavy atom. The summed E-state index contributed by atoms with van der Waals surface area (Å²) in [6.07, 6.45) is 2.11. The maximum Gasteiger partial charge on any atom is 0.509 e. The van der Waals surface area contributed by atoms with Gasteiger partial charge in [-0.15, -0.1) is 10.2 Å². The first-order valence-electron chi connectivity index (χ1n) is 8.86. The lowest BCUT2D eigenvalue weighted by molar-refractivity contribution is -0.0375. The van der Waals surface area contributed by atoms with Gasteiger partial charge in [-0.05, 0) is 51.4 Å². The van der Waals surface area contributed by atoms with Gasteiger partial charge in [-0.2, -0.15) is 0 Å². The quantitative estimate of drug-likeness (QED) is 0.533. The Hall–Kier alpha value is -1.24. The molecule has 1 aliphatic rings. The molecule has 1 aromatic rings. The van der Waals surface area contributed by atoms with Crippen LogP contribution in [-0.2, 0) is 16.5 Å². The minimum Gasteiger partial charge on any atom is -0.429 e. The maximum absolute atomic E-state index is 12.2. The second kappa shape index (κ2) is 7.56. The summed E-state index contributed by atoms with van der Waals surface area (Å²) in [5.74, 6) is 2.55. The van der Waals surface area contributed by atoms with E-state index in [0.29, 0.717) is 12.2 Å². The first-order chi connectivity index (χ1) is 11.4. The number of aromatic nitrogens is 3. The first kappa shape index (κ1) is 20.1. The van der Waals surface area contributed by atoms with Gasteiger partial charge >= 0.3 is 6.16 Å². The van der Waals surface area contributed by atoms with E-state index in [-0.39, 0.29) is 5.41 Å². The zero-order valence-corrected chi connectivity index (χ0v) is 17.3. The molecule has 0 radical (unpaired) electrons. The molecule has 1 aliphatic carbocycles. The predicted octanol–water partition coefficient (Wildman–Crippen LogP) is 4.75. The number of nitrogens with zero attached hydrogens (tertiary/aromatic N) is 3. The van der Waals surface area contributed by atoms with E-state index in [2.05, 4.69) is 31.0 Å². The molecule has 0 N–H and O–H groups in total. The Morgan fingerprint density at radius 1 is 1.24 bits per heavy atom. The van der Waals surface area contributed by atoms with Gasteiger partial charge in [0.1, 0.15) is 5.60 Å². The number of thioether (sulfide) groups is 1. The molecule has 0 amide bonds. The monoisotopic (exact) mass is 369 g/mol. The van der Waals surface area contributed by atoms with Gasteiger partial charge in [0.25, 0.3) is 0 Å². The van der Waals surface area contributed by atoms with Gasteiger partial charge in [0.05, 0.1) is 0 Å². The molecule has 6 nitrogen and oxygen atoms in total. The van der Waals surface area contributed by atoms with Gasteiger partial charge in [0, 0.05) is 12.8 Å². The zero-order valence-electron chi connectivity index (χ0n) is 16.5. The van der Waals surface area contributed by atoms with Crippen LogP contribution in [0.4, 0.5) is 4.79 Å². The summed E-state index contributed by atoms with van der Waals surface area (Å²) < 4.78 is 12.9. The van der Waals surface area contributed by atoms with E-state index in [4.69, 9.17) is 9.47 Å². The second-order valence-corrected chi connectivity index (χ2v) is 9.98. The molecular formula is C18H31N3O3S. The molecule has 1 unspecified atom stereocenters. The zero-order chi connectivity index (χ0) is 18.8. The molecule has 1 fully saturated rings. The lowest BCUT2D eigenvalue weighted by atomic mass is 9.89. The van der Waals surface area contributed by atoms with Crippen molar-refractivity contribution in [3.05, 3.63) is 5.82 Å². The fraction of sp³-hybridized carbons (Fsp3) is 0.833. The smallest absolute Gasteiger partial charge is 0.429 e. The third kappa shape index (κ3) is 6.88. The summed E-state index contributed by atoms with van der Waals surface area (Å²) in [7, 11) is 1.93. The van der Waals surface area contributed by atoms with Crippen LogP contribution in [0.15, 0.2) is 5.16 Å². The largest absolute Gasteiger partial charge is 0.509 e. The van der Waals surface area contributed by atoms with Crippen molar-refractivity contribution in [1.29, 1.82) is 0 Å². The molecule has 1 saturated carbocycles. The Labute approximate surface area is 155 Å². The van der Waals surface area contributed by atoms with Crippen molar-refractivity contribution in [3.63, 3.8) is 0 Å². The van der Waals surface area contributed by atoms with Crippen molar-refractivity contribution in [2.75, 3.05) is 5.75 Å². The lowest BCUT2D eigenvalue weighted by Crippen LogP contribution is -2.27. The summed E-state index contributed by atoms with van der Waals surface area (Å²) in [5.41, 5.74) is -0.617. The van der Waals surface area contributed by atoms with E-state index < -0.39 is 17.9 Å². The molecule has 0 saturated heterocycles. The average Bonchev–Trinajstić information content (AvgIpc) is 3.15. The molecule has 1 heterocycles. The lowest BCUT2D eigenvalue weighted by Gasteiger charge is -2.26. The van der Waals surface area contributed by atoms with Crippen molar-refractivity contribution in [2.24, 2.45) is 18.4 Å². The number of rotatable bonds is 6. The third-order valence-corrected chi connectivity index (χ3v) is 4.98. The number of hydrogen-bond acceptors (Lipinski definition) is 6. The number of ether oxygens (including phenoxy) is 2. The summed E-state index contributed by atoms with van der Waals surface area (Å²) in [4.78, 5) is 12.2. The van der Waals surface area contributed by atoms with Gasteiger partial charge in [0.15, 0.2) is 17.1 Å². The van der Waals surface area contributed by atoms with E-state index in [1.807, 2.05) is 32.4 Å². The molecule has 0 aliphatic heterocycles.